The summed E-state index contributed by atoms with van der Waals surface area (Å²) in [7, 11) is 0. The number of ether oxygens (including phenoxy) is 1. The Balaban J connectivity index is 2.53. The Bertz CT molecular complexity index is 489. The molecule has 1 aliphatic rings. The molecule has 0 saturated heterocycles. The second-order valence-electron chi connectivity index (χ2n) is 4.41. The van der Waals surface area contributed by atoms with E-state index in [9.17, 15) is 13.2 Å². The topological polar surface area (TPSA) is 9.23 Å². The van der Waals surface area contributed by atoms with E-state index in [0.29, 0.717) is 11.3 Å². The van der Waals surface area contributed by atoms with Crippen LogP contribution < -0.4 is 4.74 Å². The van der Waals surface area contributed by atoms with Crippen molar-refractivity contribution in [3.05, 3.63) is 34.4 Å². The second kappa shape index (κ2) is 3.67. The summed E-state index contributed by atoms with van der Waals surface area (Å²) in [5, 5.41) is -0.345. The molecular formula is C12H10ClF3O. The molecule has 0 atom stereocenters. The molecule has 2 rings (SSSR count). The van der Waals surface area contributed by atoms with Crippen molar-refractivity contribution in [2.24, 2.45) is 0 Å². The third kappa shape index (κ3) is 2.41. The summed E-state index contributed by atoms with van der Waals surface area (Å²) in [5.74, 6) is 0.371. The lowest BCUT2D eigenvalue weighted by atomic mass is 10.0. The average Bonchev–Trinajstić information content (AvgIpc) is 2.13. The Hall–Kier alpha value is -1.16. The molecule has 0 unspecified atom stereocenters. The van der Waals surface area contributed by atoms with E-state index in [1.807, 2.05) is 13.8 Å². The van der Waals surface area contributed by atoms with Gasteiger partial charge in [-0.3, -0.25) is 0 Å². The molecule has 5 heteroatoms. The van der Waals surface area contributed by atoms with Gasteiger partial charge in [-0.15, -0.1) is 0 Å². The normalized spacial score (nSPS) is 17.5. The van der Waals surface area contributed by atoms with E-state index >= 15 is 0 Å². The number of hydrogen-bond donors (Lipinski definition) is 0. The third-order valence-corrected chi connectivity index (χ3v) is 2.75. The molecule has 1 aromatic rings. The number of fused-ring (bicyclic) bond motifs is 1. The van der Waals surface area contributed by atoms with E-state index < -0.39 is 17.3 Å². The summed E-state index contributed by atoms with van der Waals surface area (Å²) >= 11 is 5.61. The van der Waals surface area contributed by atoms with Crippen LogP contribution in [0.15, 0.2) is 18.2 Å². The van der Waals surface area contributed by atoms with Crippen LogP contribution in [0.25, 0.3) is 6.08 Å². The van der Waals surface area contributed by atoms with Crippen molar-refractivity contribution < 1.29 is 17.9 Å². The number of alkyl halides is 3. The quantitative estimate of drug-likeness (QED) is 0.667. The van der Waals surface area contributed by atoms with Gasteiger partial charge >= 0.3 is 6.18 Å². The monoisotopic (exact) mass is 262 g/mol. The van der Waals surface area contributed by atoms with Gasteiger partial charge in [0.1, 0.15) is 11.4 Å². The van der Waals surface area contributed by atoms with E-state index in [4.69, 9.17) is 16.3 Å². The van der Waals surface area contributed by atoms with Gasteiger partial charge in [-0.1, -0.05) is 17.7 Å². The fourth-order valence-corrected chi connectivity index (χ4v) is 1.88. The molecule has 1 aliphatic heterocycles. The van der Waals surface area contributed by atoms with Crippen LogP contribution in [0.1, 0.15) is 25.0 Å². The van der Waals surface area contributed by atoms with Gasteiger partial charge in [0.05, 0.1) is 10.6 Å². The molecule has 0 fully saturated rings. The standard InChI is InChI=1S/C12H10ClF3O/c1-11(2)4-3-7-5-8(12(14,15)16)9(13)6-10(7)17-11/h3-6H,1-2H3. The predicted octanol–water partition coefficient (Wildman–Crippen LogP) is 4.54. The van der Waals surface area contributed by atoms with Crippen molar-refractivity contribution in [3.8, 4) is 5.75 Å². The number of halogens is 4. The minimum atomic E-state index is -4.45. The van der Waals surface area contributed by atoms with E-state index in [1.54, 1.807) is 12.2 Å². The molecule has 1 aromatic carbocycles. The summed E-state index contributed by atoms with van der Waals surface area (Å²) in [4.78, 5) is 0. The molecule has 0 amide bonds. The molecular weight excluding hydrogens is 253 g/mol. The van der Waals surface area contributed by atoms with Gasteiger partial charge in [0.15, 0.2) is 0 Å². The summed E-state index contributed by atoms with van der Waals surface area (Å²) in [6.45, 7) is 3.63. The summed E-state index contributed by atoms with van der Waals surface area (Å²) in [6, 6.07) is 2.22. The van der Waals surface area contributed by atoms with Crippen LogP contribution in [0.3, 0.4) is 0 Å². The van der Waals surface area contributed by atoms with Gasteiger partial charge in [-0.25, -0.2) is 0 Å². The minimum absolute atomic E-state index is 0.345. The maximum atomic E-state index is 12.6. The lowest BCUT2D eigenvalue weighted by Gasteiger charge is -2.28. The van der Waals surface area contributed by atoms with Crippen LogP contribution in [0, 0.1) is 0 Å². The van der Waals surface area contributed by atoms with Crippen molar-refractivity contribution in [3.63, 3.8) is 0 Å². The Morgan fingerprint density at radius 1 is 1.24 bits per heavy atom. The molecule has 1 nitrogen and oxygen atoms in total. The first-order chi connectivity index (χ1) is 7.69. The summed E-state index contributed by atoms with van der Waals surface area (Å²) in [6.07, 6.45) is -1.12. The zero-order chi connectivity index (χ0) is 12.8. The number of benzene rings is 1. The van der Waals surface area contributed by atoms with Crippen molar-refractivity contribution in [1.29, 1.82) is 0 Å². The largest absolute Gasteiger partial charge is 0.483 e. The minimum Gasteiger partial charge on any atom is -0.483 e. The van der Waals surface area contributed by atoms with Crippen LogP contribution in [-0.2, 0) is 6.18 Å². The average molecular weight is 263 g/mol. The Morgan fingerprint density at radius 3 is 2.47 bits per heavy atom. The van der Waals surface area contributed by atoms with Crippen LogP contribution in [-0.4, -0.2) is 5.60 Å². The van der Waals surface area contributed by atoms with Crippen molar-refractivity contribution in [2.45, 2.75) is 25.6 Å². The van der Waals surface area contributed by atoms with Gasteiger partial charge in [0, 0.05) is 11.6 Å². The fraction of sp³-hybridized carbons (Fsp3) is 0.333. The van der Waals surface area contributed by atoms with Crippen LogP contribution in [0.5, 0.6) is 5.75 Å². The number of hydrogen-bond acceptors (Lipinski definition) is 1. The number of rotatable bonds is 0. The maximum Gasteiger partial charge on any atom is 0.417 e. The van der Waals surface area contributed by atoms with E-state index in [-0.39, 0.29) is 5.02 Å². The van der Waals surface area contributed by atoms with Gasteiger partial charge in [0.25, 0.3) is 0 Å². The van der Waals surface area contributed by atoms with Gasteiger partial charge < -0.3 is 4.74 Å². The Kier molecular flexibility index (Phi) is 2.65. The van der Waals surface area contributed by atoms with Crippen molar-refractivity contribution >= 4 is 17.7 Å². The highest BCUT2D eigenvalue weighted by atomic mass is 35.5. The molecule has 0 bridgehead atoms. The molecule has 0 spiro atoms. The highest BCUT2D eigenvalue weighted by molar-refractivity contribution is 6.31. The molecule has 1 heterocycles. The Morgan fingerprint density at radius 2 is 1.88 bits per heavy atom. The van der Waals surface area contributed by atoms with Crippen LogP contribution >= 0.6 is 11.6 Å². The van der Waals surface area contributed by atoms with Crippen molar-refractivity contribution in [1.82, 2.24) is 0 Å². The van der Waals surface area contributed by atoms with E-state index in [0.717, 1.165) is 6.07 Å². The highest BCUT2D eigenvalue weighted by Crippen LogP contribution is 2.41. The van der Waals surface area contributed by atoms with E-state index in [2.05, 4.69) is 0 Å². The third-order valence-electron chi connectivity index (χ3n) is 2.44. The maximum absolute atomic E-state index is 12.6. The summed E-state index contributed by atoms with van der Waals surface area (Å²) in [5.41, 5.74) is -0.984. The predicted molar refractivity (Wildman–Crippen MR) is 60.2 cm³/mol. The second-order valence-corrected chi connectivity index (χ2v) is 4.81. The fourth-order valence-electron chi connectivity index (χ4n) is 1.62. The lowest BCUT2D eigenvalue weighted by molar-refractivity contribution is -0.137. The molecule has 92 valence electrons. The lowest BCUT2D eigenvalue weighted by Crippen LogP contribution is -2.27. The van der Waals surface area contributed by atoms with E-state index in [1.165, 1.54) is 6.07 Å². The smallest absolute Gasteiger partial charge is 0.417 e. The molecule has 0 aromatic heterocycles. The molecule has 0 N–H and O–H groups in total. The first-order valence-electron chi connectivity index (χ1n) is 4.98. The van der Waals surface area contributed by atoms with Crippen molar-refractivity contribution in [2.75, 3.05) is 0 Å². The zero-order valence-corrected chi connectivity index (χ0v) is 9.99. The molecule has 0 saturated carbocycles. The van der Waals surface area contributed by atoms with Crippen LogP contribution in [0.2, 0.25) is 5.02 Å². The first kappa shape index (κ1) is 12.3. The van der Waals surface area contributed by atoms with Gasteiger partial charge in [-0.2, -0.15) is 13.2 Å². The molecule has 17 heavy (non-hydrogen) atoms. The Labute approximate surface area is 102 Å². The zero-order valence-electron chi connectivity index (χ0n) is 9.23. The molecule has 0 radical (unpaired) electrons. The molecule has 0 aliphatic carbocycles. The SMILES string of the molecule is CC1(C)C=Cc2cc(C(F)(F)F)c(Cl)cc2O1. The summed E-state index contributed by atoms with van der Waals surface area (Å²) < 4.78 is 43.4. The van der Waals surface area contributed by atoms with Gasteiger partial charge in [-0.05, 0) is 26.0 Å². The van der Waals surface area contributed by atoms with Gasteiger partial charge in [0.2, 0.25) is 0 Å². The first-order valence-corrected chi connectivity index (χ1v) is 5.36. The highest BCUT2D eigenvalue weighted by Gasteiger charge is 2.35. The van der Waals surface area contributed by atoms with Crippen LogP contribution in [0.4, 0.5) is 13.2 Å².